The molecule has 1 heteroatoms. The summed E-state index contributed by atoms with van der Waals surface area (Å²) < 4.78 is 5.06. The van der Waals surface area contributed by atoms with Crippen molar-refractivity contribution < 1.29 is 4.74 Å². The predicted octanol–water partition coefficient (Wildman–Crippen LogP) is 3.73. The maximum absolute atomic E-state index is 5.06. The van der Waals surface area contributed by atoms with E-state index in [4.69, 9.17) is 4.74 Å². The van der Waals surface area contributed by atoms with Crippen molar-refractivity contribution in [3.63, 3.8) is 0 Å². The fraction of sp³-hybridized carbons (Fsp3) is 1.00. The maximum atomic E-state index is 5.06. The molecule has 0 aliphatic carbocycles. The van der Waals surface area contributed by atoms with Crippen LogP contribution in [-0.4, -0.2) is 13.2 Å². The second kappa shape index (κ2) is 11.0. The molecule has 1 rings (SSSR count). The van der Waals surface area contributed by atoms with Crippen LogP contribution in [0.4, 0.5) is 0 Å². The van der Waals surface area contributed by atoms with Gasteiger partial charge >= 0.3 is 0 Å². The van der Waals surface area contributed by atoms with E-state index in [0.29, 0.717) is 0 Å². The Morgan fingerprint density at radius 1 is 1.17 bits per heavy atom. The van der Waals surface area contributed by atoms with Gasteiger partial charge in [-0.05, 0) is 18.3 Å². The summed E-state index contributed by atoms with van der Waals surface area (Å²) in [4.78, 5) is 0. The average Bonchev–Trinajstić information content (AvgIpc) is 2.43. The molecule has 0 saturated carbocycles. The first-order chi connectivity index (χ1) is 5.63. The van der Waals surface area contributed by atoms with Crippen molar-refractivity contribution in [1.29, 1.82) is 0 Å². The van der Waals surface area contributed by atoms with Crippen LogP contribution in [0.1, 0.15) is 48.0 Å². The first-order valence-electron chi connectivity index (χ1n) is 5.20. The molecule has 1 aliphatic heterocycles. The molecule has 1 heterocycles. The lowest BCUT2D eigenvalue weighted by Crippen LogP contribution is -1.88. The van der Waals surface area contributed by atoms with Gasteiger partial charge in [-0.1, -0.05) is 41.5 Å². The smallest absolute Gasteiger partial charge is 0.0492 e. The molecule has 0 amide bonds. The van der Waals surface area contributed by atoms with Gasteiger partial charge in [0.25, 0.3) is 0 Å². The van der Waals surface area contributed by atoms with Crippen LogP contribution in [0.15, 0.2) is 0 Å². The summed E-state index contributed by atoms with van der Waals surface area (Å²) in [6.45, 7) is 14.7. The molecular formula is C11H26O. The highest BCUT2D eigenvalue weighted by Crippen LogP contribution is 2.09. The molecule has 1 aliphatic rings. The monoisotopic (exact) mass is 174 g/mol. The summed E-state index contributed by atoms with van der Waals surface area (Å²) in [6.07, 6.45) is 1.26. The van der Waals surface area contributed by atoms with Crippen LogP contribution < -0.4 is 0 Å². The minimum atomic E-state index is 0.824. The second-order valence-electron chi connectivity index (χ2n) is 3.70. The van der Waals surface area contributed by atoms with Gasteiger partial charge in [0, 0.05) is 13.2 Å². The molecule has 0 aromatic heterocycles. The molecule has 1 saturated heterocycles. The second-order valence-corrected chi connectivity index (χ2v) is 3.70. The number of hydrogen-bond acceptors (Lipinski definition) is 1. The quantitative estimate of drug-likeness (QED) is 0.543. The number of ether oxygens (including phenoxy) is 1. The number of rotatable bonds is 0. The molecular weight excluding hydrogens is 148 g/mol. The van der Waals surface area contributed by atoms with E-state index < -0.39 is 0 Å². The van der Waals surface area contributed by atoms with E-state index in [9.17, 15) is 0 Å². The Bertz CT molecular complexity index is 60.6. The standard InChI is InChI=1S/C5H10O.C4H10.C2H6/c1-5-2-3-6-4-5;1-4(2)3;1-2/h5H,2-4H2,1H3;4H,1-3H3;1-2H3. The van der Waals surface area contributed by atoms with Crippen molar-refractivity contribution in [2.75, 3.05) is 13.2 Å². The Hall–Kier alpha value is -0.0400. The van der Waals surface area contributed by atoms with Gasteiger partial charge in [-0.2, -0.15) is 0 Å². The maximum Gasteiger partial charge on any atom is 0.0492 e. The van der Waals surface area contributed by atoms with Crippen LogP contribution in [0, 0.1) is 11.8 Å². The SMILES string of the molecule is CC.CC(C)C.CC1CCOC1. The summed E-state index contributed by atoms with van der Waals surface area (Å²) in [6, 6.07) is 0. The first kappa shape index (κ1) is 14.5. The predicted molar refractivity (Wildman–Crippen MR) is 56.5 cm³/mol. The Kier molecular flexibility index (Phi) is 13.2. The lowest BCUT2D eigenvalue weighted by Gasteiger charge is -1.89. The van der Waals surface area contributed by atoms with E-state index in [1.807, 2.05) is 13.8 Å². The van der Waals surface area contributed by atoms with Gasteiger partial charge in [0.15, 0.2) is 0 Å². The first-order valence-corrected chi connectivity index (χ1v) is 5.20. The van der Waals surface area contributed by atoms with E-state index in [-0.39, 0.29) is 0 Å². The van der Waals surface area contributed by atoms with Crippen molar-refractivity contribution in [3.05, 3.63) is 0 Å². The molecule has 76 valence electrons. The van der Waals surface area contributed by atoms with Gasteiger partial charge in [0.05, 0.1) is 0 Å². The molecule has 1 nitrogen and oxygen atoms in total. The van der Waals surface area contributed by atoms with Crippen LogP contribution in [0.2, 0.25) is 0 Å². The minimum Gasteiger partial charge on any atom is -0.381 e. The molecule has 1 unspecified atom stereocenters. The third-order valence-electron chi connectivity index (χ3n) is 1.16. The molecule has 0 aromatic carbocycles. The highest BCUT2D eigenvalue weighted by Gasteiger charge is 2.07. The molecule has 1 fully saturated rings. The highest BCUT2D eigenvalue weighted by molar-refractivity contribution is 4.55. The van der Waals surface area contributed by atoms with Crippen molar-refractivity contribution in [1.82, 2.24) is 0 Å². The van der Waals surface area contributed by atoms with Crippen molar-refractivity contribution >= 4 is 0 Å². The zero-order valence-electron chi connectivity index (χ0n) is 9.68. The summed E-state index contributed by atoms with van der Waals surface area (Å²) >= 11 is 0. The Morgan fingerprint density at radius 3 is 1.67 bits per heavy atom. The molecule has 1 atom stereocenters. The van der Waals surface area contributed by atoms with Crippen molar-refractivity contribution in [2.45, 2.75) is 48.0 Å². The summed E-state index contributed by atoms with van der Waals surface area (Å²) in [5, 5.41) is 0. The van der Waals surface area contributed by atoms with E-state index in [1.54, 1.807) is 0 Å². The zero-order chi connectivity index (χ0) is 9.98. The van der Waals surface area contributed by atoms with Gasteiger partial charge in [0.1, 0.15) is 0 Å². The van der Waals surface area contributed by atoms with E-state index in [2.05, 4.69) is 27.7 Å². The van der Waals surface area contributed by atoms with Gasteiger partial charge in [-0.25, -0.2) is 0 Å². The highest BCUT2D eigenvalue weighted by atomic mass is 16.5. The van der Waals surface area contributed by atoms with Gasteiger partial charge in [-0.15, -0.1) is 0 Å². The van der Waals surface area contributed by atoms with Crippen LogP contribution in [-0.2, 0) is 4.74 Å². The zero-order valence-corrected chi connectivity index (χ0v) is 9.68. The Morgan fingerprint density at radius 2 is 1.58 bits per heavy atom. The van der Waals surface area contributed by atoms with Crippen LogP contribution in [0.5, 0.6) is 0 Å². The fourth-order valence-electron chi connectivity index (χ4n) is 0.652. The number of hydrogen-bond donors (Lipinski definition) is 0. The minimum absolute atomic E-state index is 0.824. The molecule has 0 bridgehead atoms. The third kappa shape index (κ3) is 16.5. The Balaban J connectivity index is 0. The van der Waals surface area contributed by atoms with Crippen LogP contribution >= 0.6 is 0 Å². The lowest BCUT2D eigenvalue weighted by molar-refractivity contribution is 0.188. The van der Waals surface area contributed by atoms with Crippen molar-refractivity contribution in [3.8, 4) is 0 Å². The lowest BCUT2D eigenvalue weighted by atomic mass is 10.2. The topological polar surface area (TPSA) is 9.23 Å². The third-order valence-corrected chi connectivity index (χ3v) is 1.16. The Labute approximate surface area is 78.5 Å². The van der Waals surface area contributed by atoms with Crippen molar-refractivity contribution in [2.24, 2.45) is 11.8 Å². The average molecular weight is 174 g/mol. The molecule has 0 aromatic rings. The van der Waals surface area contributed by atoms with Gasteiger partial charge in [0.2, 0.25) is 0 Å². The van der Waals surface area contributed by atoms with E-state index in [0.717, 1.165) is 25.0 Å². The normalized spacial score (nSPS) is 20.8. The summed E-state index contributed by atoms with van der Waals surface area (Å²) in [5.41, 5.74) is 0. The van der Waals surface area contributed by atoms with Gasteiger partial charge in [-0.3, -0.25) is 0 Å². The summed E-state index contributed by atoms with van der Waals surface area (Å²) in [7, 11) is 0. The fourth-order valence-corrected chi connectivity index (χ4v) is 0.652. The van der Waals surface area contributed by atoms with Crippen LogP contribution in [0.3, 0.4) is 0 Å². The van der Waals surface area contributed by atoms with Crippen LogP contribution in [0.25, 0.3) is 0 Å². The largest absolute Gasteiger partial charge is 0.381 e. The molecule has 0 N–H and O–H groups in total. The summed E-state index contributed by atoms with van der Waals surface area (Å²) in [5.74, 6) is 1.66. The molecule has 12 heavy (non-hydrogen) atoms. The van der Waals surface area contributed by atoms with Gasteiger partial charge < -0.3 is 4.74 Å². The molecule has 0 radical (unpaired) electrons. The molecule has 0 spiro atoms. The van der Waals surface area contributed by atoms with E-state index in [1.165, 1.54) is 6.42 Å². The van der Waals surface area contributed by atoms with E-state index >= 15 is 0 Å².